The topological polar surface area (TPSA) is 99.4 Å². The second-order valence-corrected chi connectivity index (χ2v) is 7.09. The first-order chi connectivity index (χ1) is 14.5. The predicted octanol–water partition coefficient (Wildman–Crippen LogP) is 4.09. The molecule has 0 bridgehead atoms. The summed E-state index contributed by atoms with van der Waals surface area (Å²) in [7, 11) is 1.93. The van der Waals surface area contributed by atoms with Gasteiger partial charge in [-0.15, -0.1) is 4.98 Å². The Hall–Kier alpha value is -4.13. The van der Waals surface area contributed by atoms with E-state index in [0.717, 1.165) is 45.0 Å². The average Bonchev–Trinajstić information content (AvgIpc) is 2.72. The molecule has 3 aromatic carbocycles. The molecule has 0 aliphatic heterocycles. The van der Waals surface area contributed by atoms with Gasteiger partial charge in [-0.1, -0.05) is 6.07 Å². The highest BCUT2D eigenvalue weighted by atomic mass is 16.3. The van der Waals surface area contributed by atoms with E-state index in [9.17, 15) is 5.11 Å². The van der Waals surface area contributed by atoms with Gasteiger partial charge < -0.3 is 10.8 Å². The molecule has 4 aromatic rings. The minimum atomic E-state index is 0.178. The summed E-state index contributed by atoms with van der Waals surface area (Å²) in [5.74, 6) is 1.74. The number of hydrogen-bond donors (Lipinski definition) is 4. The van der Waals surface area contributed by atoms with Crippen LogP contribution < -0.4 is 21.0 Å². The first-order valence-electron chi connectivity index (χ1n) is 9.44. The predicted molar refractivity (Wildman–Crippen MR) is 122 cm³/mol. The first-order valence-corrected chi connectivity index (χ1v) is 9.44. The number of aryl methyl sites for hydroxylation is 1. The van der Waals surface area contributed by atoms with Crippen molar-refractivity contribution in [2.75, 3.05) is 16.5 Å². The number of nitrogen functional groups attached to an aromatic ring is 1. The zero-order valence-corrected chi connectivity index (χ0v) is 16.8. The molecule has 0 saturated heterocycles. The Kier molecular flexibility index (Phi) is 4.93. The molecule has 7 nitrogen and oxygen atoms in total. The van der Waals surface area contributed by atoms with Crippen molar-refractivity contribution >= 4 is 40.5 Å². The van der Waals surface area contributed by atoms with E-state index in [2.05, 4.69) is 22.6 Å². The summed E-state index contributed by atoms with van der Waals surface area (Å²) in [6.45, 7) is 5.46. The maximum atomic E-state index is 10.1. The number of aromatic hydroxyl groups is 1. The average molecular weight is 399 g/mol. The molecule has 150 valence electrons. The minimum Gasteiger partial charge on any atom is -0.508 e. The molecular weight excluding hydrogens is 376 g/mol. The molecule has 4 rings (SSSR count). The summed E-state index contributed by atoms with van der Waals surface area (Å²) >= 11 is 0. The van der Waals surface area contributed by atoms with Crippen LogP contribution in [0.3, 0.4) is 0 Å². The van der Waals surface area contributed by atoms with Crippen molar-refractivity contribution in [3.63, 3.8) is 0 Å². The van der Waals surface area contributed by atoms with Gasteiger partial charge in [0.05, 0.1) is 29.4 Å². The van der Waals surface area contributed by atoms with Gasteiger partial charge in [0, 0.05) is 12.4 Å². The number of phenolic OH excluding ortho intramolecular Hbond substituents is 1. The molecule has 0 aliphatic rings. The van der Waals surface area contributed by atoms with Crippen LogP contribution in [0.25, 0.3) is 22.3 Å². The number of benzene rings is 3. The maximum absolute atomic E-state index is 10.1. The van der Waals surface area contributed by atoms with E-state index < -0.39 is 0 Å². The lowest BCUT2D eigenvalue weighted by Crippen LogP contribution is -2.36. The highest BCUT2D eigenvalue weighted by Crippen LogP contribution is 2.30. The fraction of sp³-hybridized carbons (Fsp3) is 0.0870. The number of hydrazone groups is 1. The quantitative estimate of drug-likeness (QED) is 0.175. The Labute approximate surface area is 174 Å². The summed E-state index contributed by atoms with van der Waals surface area (Å²) in [6, 6.07) is 18.7. The van der Waals surface area contributed by atoms with Crippen molar-refractivity contribution in [3.05, 3.63) is 66.2 Å². The number of phenols is 1. The summed E-state index contributed by atoms with van der Waals surface area (Å²) in [4.78, 5) is 4.81. The molecule has 30 heavy (non-hydrogen) atoms. The standard InChI is InChI=1S/C23H22N6O/c1-14-11-17(7-9-20(14)28-25-2)26-23-19-13-18(30)8-10-21(19)27-22(29(23)3)15-5-4-6-16(24)12-15/h4-13,28,30H,2,24H2,1,3H3/p+1. The monoisotopic (exact) mass is 399 g/mol. The first kappa shape index (κ1) is 19.2. The molecule has 5 N–H and O–H groups in total. The van der Waals surface area contributed by atoms with E-state index in [4.69, 9.17) is 10.7 Å². The largest absolute Gasteiger partial charge is 0.508 e. The Balaban J connectivity index is 1.89. The Morgan fingerprint density at radius 3 is 2.67 bits per heavy atom. The normalized spacial score (nSPS) is 10.7. The Bertz CT molecular complexity index is 1270. The van der Waals surface area contributed by atoms with Gasteiger partial charge in [-0.05, 0) is 67.1 Å². The van der Waals surface area contributed by atoms with Crippen LogP contribution >= 0.6 is 0 Å². The third kappa shape index (κ3) is 3.60. The van der Waals surface area contributed by atoms with E-state index in [0.29, 0.717) is 5.69 Å². The summed E-state index contributed by atoms with van der Waals surface area (Å²) in [5, 5.41) is 18.1. The van der Waals surface area contributed by atoms with Crippen LogP contribution in [0.1, 0.15) is 5.56 Å². The second kappa shape index (κ2) is 7.71. The Morgan fingerprint density at radius 1 is 1.10 bits per heavy atom. The fourth-order valence-corrected chi connectivity index (χ4v) is 3.46. The number of nitrogens with zero attached hydrogens (tertiary/aromatic N) is 3. The number of aromatic nitrogens is 2. The van der Waals surface area contributed by atoms with Crippen molar-refractivity contribution < 1.29 is 9.67 Å². The number of rotatable bonds is 5. The number of nitrogens with one attached hydrogen (secondary N) is 2. The van der Waals surface area contributed by atoms with Crippen molar-refractivity contribution in [1.82, 2.24) is 4.98 Å². The number of nitrogens with two attached hydrogens (primary N) is 1. The third-order valence-electron chi connectivity index (χ3n) is 4.95. The van der Waals surface area contributed by atoms with Crippen molar-refractivity contribution in [1.29, 1.82) is 0 Å². The van der Waals surface area contributed by atoms with Crippen LogP contribution in [-0.2, 0) is 7.05 Å². The van der Waals surface area contributed by atoms with Crippen LogP contribution in [0.15, 0.2) is 65.8 Å². The van der Waals surface area contributed by atoms with Gasteiger partial charge in [-0.25, -0.2) is 4.57 Å². The number of anilines is 4. The summed E-state index contributed by atoms with van der Waals surface area (Å²) in [5.41, 5.74) is 14.0. The zero-order valence-electron chi connectivity index (χ0n) is 16.8. The highest BCUT2D eigenvalue weighted by molar-refractivity contribution is 5.91. The molecule has 0 radical (unpaired) electrons. The van der Waals surface area contributed by atoms with Gasteiger partial charge in [0.2, 0.25) is 5.82 Å². The van der Waals surface area contributed by atoms with E-state index in [1.165, 1.54) is 0 Å². The van der Waals surface area contributed by atoms with Crippen molar-refractivity contribution in [3.8, 4) is 17.1 Å². The summed E-state index contributed by atoms with van der Waals surface area (Å²) < 4.78 is 1.96. The Morgan fingerprint density at radius 2 is 1.93 bits per heavy atom. The maximum Gasteiger partial charge on any atom is 0.270 e. The molecule has 0 aliphatic carbocycles. The second-order valence-electron chi connectivity index (χ2n) is 7.09. The molecule has 1 aromatic heterocycles. The highest BCUT2D eigenvalue weighted by Gasteiger charge is 2.21. The SMILES string of the molecule is C=NNc1ccc(Nc2c3cc(O)ccc3nc(-c3cccc(N)c3)[n+]2C)cc1C. The summed E-state index contributed by atoms with van der Waals surface area (Å²) in [6.07, 6.45) is 0. The zero-order chi connectivity index (χ0) is 21.3. The lowest BCUT2D eigenvalue weighted by Gasteiger charge is -2.13. The van der Waals surface area contributed by atoms with Gasteiger partial charge in [-0.2, -0.15) is 5.10 Å². The van der Waals surface area contributed by atoms with E-state index in [1.807, 2.05) is 61.0 Å². The van der Waals surface area contributed by atoms with Gasteiger partial charge in [0.15, 0.2) is 5.52 Å². The van der Waals surface area contributed by atoms with Crippen molar-refractivity contribution in [2.24, 2.45) is 12.1 Å². The number of fused-ring (bicyclic) bond motifs is 1. The fourth-order valence-electron chi connectivity index (χ4n) is 3.46. The van der Waals surface area contributed by atoms with Crippen LogP contribution in [0, 0.1) is 6.92 Å². The molecule has 7 heteroatoms. The van der Waals surface area contributed by atoms with E-state index in [1.54, 1.807) is 18.2 Å². The van der Waals surface area contributed by atoms with E-state index in [-0.39, 0.29) is 5.75 Å². The molecule has 0 fully saturated rings. The van der Waals surface area contributed by atoms with Gasteiger partial charge >= 0.3 is 0 Å². The molecule has 0 atom stereocenters. The van der Waals surface area contributed by atoms with Crippen LogP contribution in [0.5, 0.6) is 5.75 Å². The van der Waals surface area contributed by atoms with Crippen LogP contribution in [0.2, 0.25) is 0 Å². The molecule has 0 amide bonds. The lowest BCUT2D eigenvalue weighted by atomic mass is 10.1. The molecule has 0 unspecified atom stereocenters. The molecular formula is C23H23N6O+. The number of hydrogen-bond acceptors (Lipinski definition) is 6. The lowest BCUT2D eigenvalue weighted by molar-refractivity contribution is -0.647. The molecule has 1 heterocycles. The van der Waals surface area contributed by atoms with Gasteiger partial charge in [0.1, 0.15) is 5.75 Å². The molecule has 0 spiro atoms. The van der Waals surface area contributed by atoms with Crippen molar-refractivity contribution in [2.45, 2.75) is 6.92 Å². The van der Waals surface area contributed by atoms with Crippen LogP contribution in [-0.4, -0.2) is 16.8 Å². The smallest absolute Gasteiger partial charge is 0.270 e. The van der Waals surface area contributed by atoms with Gasteiger partial charge in [0.25, 0.3) is 5.82 Å². The third-order valence-corrected chi connectivity index (χ3v) is 4.95. The van der Waals surface area contributed by atoms with Gasteiger partial charge in [-0.3, -0.25) is 10.7 Å². The minimum absolute atomic E-state index is 0.178. The van der Waals surface area contributed by atoms with E-state index >= 15 is 0 Å². The molecule has 0 saturated carbocycles. The van der Waals surface area contributed by atoms with Crippen LogP contribution in [0.4, 0.5) is 22.9 Å².